The molecule has 0 bridgehead atoms. The number of nitrogens with zero attached hydrogens (tertiary/aromatic N) is 3. The summed E-state index contributed by atoms with van der Waals surface area (Å²) in [5, 5.41) is 12.3. The number of hydrogen-bond donors (Lipinski definition) is 2. The Labute approximate surface area is 108 Å². The maximum Gasteiger partial charge on any atom is 0.247 e. The topological polar surface area (TPSA) is 66.5 Å². The van der Waals surface area contributed by atoms with Gasteiger partial charge in [0.05, 0.1) is 5.69 Å². The van der Waals surface area contributed by atoms with Crippen molar-refractivity contribution >= 4 is 34.1 Å². The van der Waals surface area contributed by atoms with Gasteiger partial charge in [0.1, 0.15) is 0 Å². The van der Waals surface area contributed by atoms with Crippen LogP contribution in [0.5, 0.6) is 0 Å². The summed E-state index contributed by atoms with van der Waals surface area (Å²) in [6, 6.07) is 7.99. The van der Waals surface area contributed by atoms with Gasteiger partial charge < -0.3 is 10.3 Å². The summed E-state index contributed by atoms with van der Waals surface area (Å²) in [7, 11) is 0. The summed E-state index contributed by atoms with van der Waals surface area (Å²) in [6.07, 6.45) is 1.90. The van der Waals surface area contributed by atoms with E-state index in [0.717, 1.165) is 16.6 Å². The van der Waals surface area contributed by atoms with Crippen LogP contribution in [-0.2, 0) is 0 Å². The van der Waals surface area contributed by atoms with Gasteiger partial charge >= 0.3 is 0 Å². The molecule has 0 unspecified atom stereocenters. The van der Waals surface area contributed by atoms with Crippen LogP contribution in [0.2, 0.25) is 5.15 Å². The third-order valence-corrected chi connectivity index (χ3v) is 2.96. The molecule has 5 nitrogen and oxygen atoms in total. The van der Waals surface area contributed by atoms with Gasteiger partial charge in [-0.2, -0.15) is 0 Å². The fourth-order valence-electron chi connectivity index (χ4n) is 1.70. The van der Waals surface area contributed by atoms with Crippen LogP contribution in [0, 0.1) is 6.92 Å². The summed E-state index contributed by atoms with van der Waals surface area (Å²) in [5.74, 6) is 0.433. The Morgan fingerprint density at radius 3 is 2.94 bits per heavy atom. The zero-order valence-electron chi connectivity index (χ0n) is 9.61. The van der Waals surface area contributed by atoms with Crippen LogP contribution in [-0.4, -0.2) is 20.2 Å². The van der Waals surface area contributed by atoms with Gasteiger partial charge in [-0.3, -0.25) is 0 Å². The molecule has 3 aromatic rings. The molecule has 0 fully saturated rings. The average Bonchev–Trinajstić information content (AvgIpc) is 2.81. The van der Waals surface area contributed by atoms with E-state index in [2.05, 4.69) is 25.5 Å². The lowest BCUT2D eigenvalue weighted by atomic mass is 10.2. The van der Waals surface area contributed by atoms with Crippen molar-refractivity contribution in [1.29, 1.82) is 0 Å². The van der Waals surface area contributed by atoms with E-state index in [1.807, 2.05) is 30.5 Å². The van der Waals surface area contributed by atoms with Crippen LogP contribution in [0.25, 0.3) is 10.9 Å². The molecule has 0 spiro atoms. The molecule has 0 saturated carbocycles. The van der Waals surface area contributed by atoms with E-state index in [1.54, 1.807) is 6.92 Å². The monoisotopic (exact) mass is 259 g/mol. The minimum atomic E-state index is 0.320. The first-order chi connectivity index (χ1) is 8.72. The SMILES string of the molecule is Cc1nc(Nc2ccc3cc[nH]c3c2)nnc1Cl. The van der Waals surface area contributed by atoms with E-state index in [1.165, 1.54) is 0 Å². The number of benzene rings is 1. The second kappa shape index (κ2) is 4.27. The molecular weight excluding hydrogens is 250 g/mol. The van der Waals surface area contributed by atoms with Crippen molar-refractivity contribution < 1.29 is 0 Å². The molecule has 3 rings (SSSR count). The molecule has 90 valence electrons. The maximum absolute atomic E-state index is 5.78. The molecule has 0 radical (unpaired) electrons. The minimum Gasteiger partial charge on any atom is -0.361 e. The number of hydrogen-bond acceptors (Lipinski definition) is 4. The number of nitrogens with one attached hydrogen (secondary N) is 2. The summed E-state index contributed by atoms with van der Waals surface area (Å²) < 4.78 is 0. The number of anilines is 2. The van der Waals surface area contributed by atoms with Crippen molar-refractivity contribution in [3.63, 3.8) is 0 Å². The highest BCUT2D eigenvalue weighted by Gasteiger charge is 2.04. The molecule has 18 heavy (non-hydrogen) atoms. The third-order valence-electron chi connectivity index (χ3n) is 2.62. The highest BCUT2D eigenvalue weighted by molar-refractivity contribution is 6.29. The molecule has 0 saturated heterocycles. The second-order valence-corrected chi connectivity index (χ2v) is 4.27. The van der Waals surface area contributed by atoms with Crippen molar-refractivity contribution in [2.24, 2.45) is 0 Å². The molecule has 0 aliphatic heterocycles. The maximum atomic E-state index is 5.78. The van der Waals surface area contributed by atoms with Gasteiger partial charge in [0.15, 0.2) is 5.15 Å². The quantitative estimate of drug-likeness (QED) is 0.742. The highest BCUT2D eigenvalue weighted by atomic mass is 35.5. The third kappa shape index (κ3) is 2.00. The normalized spacial score (nSPS) is 10.8. The van der Waals surface area contributed by atoms with Gasteiger partial charge in [0.25, 0.3) is 0 Å². The molecule has 2 N–H and O–H groups in total. The van der Waals surface area contributed by atoms with E-state index in [4.69, 9.17) is 11.6 Å². The van der Waals surface area contributed by atoms with Crippen molar-refractivity contribution in [2.45, 2.75) is 6.92 Å². The van der Waals surface area contributed by atoms with Crippen LogP contribution in [0.1, 0.15) is 5.69 Å². The largest absolute Gasteiger partial charge is 0.361 e. The van der Waals surface area contributed by atoms with E-state index in [0.29, 0.717) is 16.8 Å². The van der Waals surface area contributed by atoms with Crippen molar-refractivity contribution in [2.75, 3.05) is 5.32 Å². The first-order valence-corrected chi connectivity index (χ1v) is 5.81. The van der Waals surface area contributed by atoms with Crippen molar-refractivity contribution in [3.8, 4) is 0 Å². The molecule has 0 aliphatic rings. The summed E-state index contributed by atoms with van der Waals surface area (Å²) >= 11 is 5.78. The van der Waals surface area contributed by atoms with Crippen molar-refractivity contribution in [3.05, 3.63) is 41.3 Å². The molecule has 0 amide bonds. The summed E-state index contributed by atoms with van der Waals surface area (Å²) in [6.45, 7) is 1.79. The molecule has 0 atom stereocenters. The van der Waals surface area contributed by atoms with E-state index in [-0.39, 0.29) is 0 Å². The Morgan fingerprint density at radius 2 is 2.11 bits per heavy atom. The van der Waals surface area contributed by atoms with Crippen LogP contribution >= 0.6 is 11.6 Å². The molecular formula is C12H10ClN5. The standard InChI is InChI=1S/C12H10ClN5/c1-7-11(13)17-18-12(15-7)16-9-3-2-8-4-5-14-10(8)6-9/h2-6,14H,1H3,(H,15,16,18). The number of halogens is 1. The van der Waals surface area contributed by atoms with Gasteiger partial charge in [-0.05, 0) is 30.5 Å². The van der Waals surface area contributed by atoms with E-state index < -0.39 is 0 Å². The number of fused-ring (bicyclic) bond motifs is 1. The lowest BCUT2D eigenvalue weighted by molar-refractivity contribution is 0.950. The number of H-pyrrole nitrogens is 1. The Morgan fingerprint density at radius 1 is 1.22 bits per heavy atom. The highest BCUT2D eigenvalue weighted by Crippen LogP contribution is 2.20. The fourth-order valence-corrected chi connectivity index (χ4v) is 1.78. The number of aromatic nitrogens is 4. The Bertz CT molecular complexity index is 707. The number of aryl methyl sites for hydroxylation is 1. The molecule has 2 aromatic heterocycles. The zero-order valence-corrected chi connectivity index (χ0v) is 10.4. The Hall–Kier alpha value is -2.14. The predicted molar refractivity (Wildman–Crippen MR) is 71.2 cm³/mol. The van der Waals surface area contributed by atoms with Gasteiger partial charge in [-0.25, -0.2) is 4.98 Å². The summed E-state index contributed by atoms with van der Waals surface area (Å²) in [5.41, 5.74) is 2.60. The number of rotatable bonds is 2. The molecule has 1 aromatic carbocycles. The van der Waals surface area contributed by atoms with Crippen LogP contribution < -0.4 is 5.32 Å². The van der Waals surface area contributed by atoms with Crippen molar-refractivity contribution in [1.82, 2.24) is 20.2 Å². The Kier molecular flexibility index (Phi) is 2.60. The predicted octanol–water partition coefficient (Wildman–Crippen LogP) is 3.06. The van der Waals surface area contributed by atoms with Gasteiger partial charge in [-0.1, -0.05) is 17.7 Å². The zero-order chi connectivity index (χ0) is 12.5. The van der Waals surface area contributed by atoms with E-state index in [9.17, 15) is 0 Å². The summed E-state index contributed by atoms with van der Waals surface area (Å²) in [4.78, 5) is 7.36. The smallest absolute Gasteiger partial charge is 0.247 e. The first-order valence-electron chi connectivity index (χ1n) is 5.43. The van der Waals surface area contributed by atoms with Gasteiger partial charge in [-0.15, -0.1) is 10.2 Å². The minimum absolute atomic E-state index is 0.320. The van der Waals surface area contributed by atoms with Crippen LogP contribution in [0.4, 0.5) is 11.6 Å². The molecule has 0 aliphatic carbocycles. The second-order valence-electron chi connectivity index (χ2n) is 3.92. The van der Waals surface area contributed by atoms with Crippen LogP contribution in [0.3, 0.4) is 0 Å². The first kappa shape index (κ1) is 11.0. The van der Waals surface area contributed by atoms with Gasteiger partial charge in [0.2, 0.25) is 5.95 Å². The molecule has 6 heteroatoms. The lowest BCUT2D eigenvalue weighted by Crippen LogP contribution is -2.01. The van der Waals surface area contributed by atoms with Crippen LogP contribution in [0.15, 0.2) is 30.5 Å². The lowest BCUT2D eigenvalue weighted by Gasteiger charge is -2.05. The molecule has 2 heterocycles. The Balaban J connectivity index is 1.92. The van der Waals surface area contributed by atoms with E-state index >= 15 is 0 Å². The van der Waals surface area contributed by atoms with Gasteiger partial charge in [0, 0.05) is 17.4 Å². The fraction of sp³-hybridized carbons (Fsp3) is 0.0833. The number of aromatic amines is 1. The average molecular weight is 260 g/mol.